The van der Waals surface area contributed by atoms with Gasteiger partial charge in [0.2, 0.25) is 0 Å². The van der Waals surface area contributed by atoms with Crippen molar-refractivity contribution in [2.45, 2.75) is 33.3 Å². The fourth-order valence-electron chi connectivity index (χ4n) is 0.607. The van der Waals surface area contributed by atoms with Crippen molar-refractivity contribution in [1.82, 2.24) is 0 Å². The molecule has 0 rings (SSSR count). The largest absolute Gasteiger partial charge is 0.481 e. The van der Waals surface area contributed by atoms with Crippen molar-refractivity contribution in [3.63, 3.8) is 0 Å². The number of carbonyl (C=O) groups excluding carboxylic acids is 1. The standard InChI is InChI=1S/C6H12O3.C5H10O3/c1-5(8-3)4-9-6(2)7;1-2-8-4-3-5(6)7/h5H,4H2,1-3H3;2-4H2,1H3,(H,6,7). The molecule has 0 amide bonds. The Labute approximate surface area is 102 Å². The third-order valence-corrected chi connectivity index (χ3v) is 1.59. The zero-order chi connectivity index (χ0) is 13.7. The lowest BCUT2D eigenvalue weighted by Gasteiger charge is -2.07. The Morgan fingerprint density at radius 1 is 1.35 bits per heavy atom. The molecule has 6 heteroatoms. The minimum absolute atomic E-state index is 0.00565. The van der Waals surface area contributed by atoms with Crippen molar-refractivity contribution in [2.75, 3.05) is 26.9 Å². The molecule has 17 heavy (non-hydrogen) atoms. The lowest BCUT2D eigenvalue weighted by molar-refractivity contribution is -0.144. The van der Waals surface area contributed by atoms with Gasteiger partial charge in [0.05, 0.1) is 19.1 Å². The van der Waals surface area contributed by atoms with E-state index in [-0.39, 0.29) is 18.5 Å². The van der Waals surface area contributed by atoms with E-state index in [0.717, 1.165) is 0 Å². The molecule has 0 aliphatic rings. The molecule has 0 fully saturated rings. The number of carboxylic acid groups (broad SMARTS) is 1. The van der Waals surface area contributed by atoms with Crippen LogP contribution in [-0.2, 0) is 23.8 Å². The Morgan fingerprint density at radius 2 is 1.94 bits per heavy atom. The van der Waals surface area contributed by atoms with Gasteiger partial charge in [0.1, 0.15) is 6.61 Å². The van der Waals surface area contributed by atoms with E-state index in [0.29, 0.717) is 19.8 Å². The second-order valence-corrected chi connectivity index (χ2v) is 3.19. The molecule has 1 N–H and O–H groups in total. The summed E-state index contributed by atoms with van der Waals surface area (Å²) in [5.74, 6) is -1.07. The zero-order valence-corrected chi connectivity index (χ0v) is 10.9. The predicted molar refractivity (Wildman–Crippen MR) is 61.8 cm³/mol. The highest BCUT2D eigenvalue weighted by Crippen LogP contribution is 1.88. The minimum atomic E-state index is -0.807. The molecule has 0 aliphatic heterocycles. The summed E-state index contributed by atoms with van der Waals surface area (Å²) in [4.78, 5) is 20.0. The van der Waals surface area contributed by atoms with Crippen molar-refractivity contribution in [2.24, 2.45) is 0 Å². The fourth-order valence-corrected chi connectivity index (χ4v) is 0.607. The average Bonchev–Trinajstić information content (AvgIpc) is 2.26. The maximum Gasteiger partial charge on any atom is 0.305 e. The van der Waals surface area contributed by atoms with Crippen molar-refractivity contribution in [1.29, 1.82) is 0 Å². The highest BCUT2D eigenvalue weighted by Gasteiger charge is 1.99. The van der Waals surface area contributed by atoms with Gasteiger partial charge in [-0.15, -0.1) is 0 Å². The predicted octanol–water partition coefficient (Wildman–Crippen LogP) is 1.08. The third-order valence-electron chi connectivity index (χ3n) is 1.59. The van der Waals surface area contributed by atoms with Gasteiger partial charge in [-0.2, -0.15) is 0 Å². The summed E-state index contributed by atoms with van der Waals surface area (Å²) in [6, 6.07) is 0. The van der Waals surface area contributed by atoms with Gasteiger partial charge in [0, 0.05) is 20.6 Å². The van der Waals surface area contributed by atoms with Crippen molar-refractivity contribution >= 4 is 11.9 Å². The second-order valence-electron chi connectivity index (χ2n) is 3.19. The Kier molecular flexibility index (Phi) is 13.9. The molecule has 0 aromatic carbocycles. The van der Waals surface area contributed by atoms with Gasteiger partial charge in [-0.25, -0.2) is 0 Å². The SMILES string of the molecule is CCOCCC(=O)O.COC(C)COC(C)=O. The van der Waals surface area contributed by atoms with Crippen LogP contribution >= 0.6 is 0 Å². The van der Waals surface area contributed by atoms with Gasteiger partial charge in [0.25, 0.3) is 0 Å². The molecule has 0 bridgehead atoms. The fraction of sp³-hybridized carbons (Fsp3) is 0.818. The smallest absolute Gasteiger partial charge is 0.305 e. The number of hydrogen-bond acceptors (Lipinski definition) is 5. The van der Waals surface area contributed by atoms with E-state index < -0.39 is 5.97 Å². The van der Waals surface area contributed by atoms with Gasteiger partial charge in [-0.3, -0.25) is 9.59 Å². The molecule has 0 radical (unpaired) electrons. The van der Waals surface area contributed by atoms with Crippen LogP contribution in [0.25, 0.3) is 0 Å². The van der Waals surface area contributed by atoms with E-state index in [1.54, 1.807) is 7.11 Å². The first-order valence-electron chi connectivity index (χ1n) is 5.39. The van der Waals surface area contributed by atoms with Crippen LogP contribution in [0.1, 0.15) is 27.2 Å². The summed E-state index contributed by atoms with van der Waals surface area (Å²) in [7, 11) is 1.58. The van der Waals surface area contributed by atoms with Crippen LogP contribution in [0, 0.1) is 0 Å². The maximum absolute atomic E-state index is 10.2. The second kappa shape index (κ2) is 12.9. The van der Waals surface area contributed by atoms with Gasteiger partial charge < -0.3 is 19.3 Å². The van der Waals surface area contributed by atoms with Crippen molar-refractivity contribution in [3.05, 3.63) is 0 Å². The van der Waals surface area contributed by atoms with Gasteiger partial charge in [-0.1, -0.05) is 0 Å². The number of hydrogen-bond donors (Lipinski definition) is 1. The van der Waals surface area contributed by atoms with Crippen LogP contribution in [0.5, 0.6) is 0 Å². The molecule has 0 aromatic rings. The Bertz CT molecular complexity index is 204. The number of methoxy groups -OCH3 is 1. The Hall–Kier alpha value is -1.14. The molecule has 0 saturated carbocycles. The van der Waals surface area contributed by atoms with E-state index in [1.165, 1.54) is 6.92 Å². The number of ether oxygens (including phenoxy) is 3. The molecule has 1 atom stereocenters. The molecular formula is C11H22O6. The zero-order valence-electron chi connectivity index (χ0n) is 10.9. The number of esters is 1. The molecule has 0 aliphatic carbocycles. The van der Waals surface area contributed by atoms with Crippen LogP contribution in [0.2, 0.25) is 0 Å². The van der Waals surface area contributed by atoms with E-state index in [1.807, 2.05) is 13.8 Å². The quantitative estimate of drug-likeness (QED) is 0.538. The lowest BCUT2D eigenvalue weighted by atomic mass is 10.4. The first-order chi connectivity index (χ1) is 7.93. The van der Waals surface area contributed by atoms with Crippen LogP contribution in [0.3, 0.4) is 0 Å². The summed E-state index contributed by atoms with van der Waals surface area (Å²) in [5.41, 5.74) is 0. The third kappa shape index (κ3) is 20.8. The average molecular weight is 250 g/mol. The molecule has 0 heterocycles. The van der Waals surface area contributed by atoms with E-state index in [9.17, 15) is 9.59 Å². The van der Waals surface area contributed by atoms with Crippen LogP contribution in [-0.4, -0.2) is 50.1 Å². The first-order valence-corrected chi connectivity index (χ1v) is 5.39. The molecule has 0 aromatic heterocycles. The first kappa shape index (κ1) is 18.2. The summed E-state index contributed by atoms with van der Waals surface area (Å²) < 4.78 is 14.2. The Morgan fingerprint density at radius 3 is 2.29 bits per heavy atom. The molecule has 0 spiro atoms. The number of carboxylic acids is 1. The van der Waals surface area contributed by atoms with E-state index in [2.05, 4.69) is 4.74 Å². The Balaban J connectivity index is 0. The molecule has 102 valence electrons. The summed E-state index contributed by atoms with van der Waals surface area (Å²) in [5, 5.41) is 8.06. The summed E-state index contributed by atoms with van der Waals surface area (Å²) >= 11 is 0. The van der Waals surface area contributed by atoms with Crippen LogP contribution < -0.4 is 0 Å². The minimum Gasteiger partial charge on any atom is -0.481 e. The van der Waals surface area contributed by atoms with Crippen LogP contribution in [0.4, 0.5) is 0 Å². The van der Waals surface area contributed by atoms with Crippen molar-refractivity contribution < 1.29 is 28.9 Å². The maximum atomic E-state index is 10.2. The number of rotatable bonds is 7. The number of aliphatic carboxylic acids is 1. The molecule has 0 saturated heterocycles. The lowest BCUT2D eigenvalue weighted by Crippen LogP contribution is -2.15. The highest BCUT2D eigenvalue weighted by atomic mass is 16.6. The molecule has 6 nitrogen and oxygen atoms in total. The monoisotopic (exact) mass is 250 g/mol. The number of carbonyl (C=O) groups is 2. The topological polar surface area (TPSA) is 82.1 Å². The van der Waals surface area contributed by atoms with E-state index in [4.69, 9.17) is 14.6 Å². The van der Waals surface area contributed by atoms with Crippen molar-refractivity contribution in [3.8, 4) is 0 Å². The molecule has 1 unspecified atom stereocenters. The van der Waals surface area contributed by atoms with Gasteiger partial charge in [-0.05, 0) is 13.8 Å². The van der Waals surface area contributed by atoms with Crippen LogP contribution in [0.15, 0.2) is 0 Å². The van der Waals surface area contributed by atoms with Gasteiger partial charge in [0.15, 0.2) is 0 Å². The van der Waals surface area contributed by atoms with E-state index >= 15 is 0 Å². The van der Waals surface area contributed by atoms with Gasteiger partial charge >= 0.3 is 11.9 Å². The summed E-state index contributed by atoms with van der Waals surface area (Å²) in [6.07, 6.45) is 0.0994. The highest BCUT2D eigenvalue weighted by molar-refractivity contribution is 5.66. The normalized spacial score (nSPS) is 11.1. The molecular weight excluding hydrogens is 228 g/mol. The summed E-state index contributed by atoms with van der Waals surface area (Å²) in [6.45, 7) is 6.30.